The summed E-state index contributed by atoms with van der Waals surface area (Å²) in [6.45, 7) is 0. The van der Waals surface area contributed by atoms with E-state index in [0.717, 1.165) is 0 Å². The summed E-state index contributed by atoms with van der Waals surface area (Å²) in [4.78, 5) is 10.5. The number of hydrogen-bond acceptors (Lipinski definition) is 1. The fraction of sp³-hybridized carbons (Fsp3) is 0.857. The minimum atomic E-state index is -5.94. The van der Waals surface area contributed by atoms with Crippen LogP contribution in [0.15, 0.2) is 0 Å². The second-order valence-electron chi connectivity index (χ2n) is 3.10. The molecule has 0 heterocycles. The Morgan fingerprint density at radius 3 is 1.41 bits per heavy atom. The minimum absolute atomic E-state index is 1.85. The van der Waals surface area contributed by atoms with Crippen molar-refractivity contribution in [2.75, 3.05) is 0 Å². The van der Waals surface area contributed by atoms with E-state index in [-0.39, 0.29) is 0 Å². The molecule has 0 saturated carbocycles. The van der Waals surface area contributed by atoms with Crippen LogP contribution >= 0.6 is 0 Å². The summed E-state index contributed by atoms with van der Waals surface area (Å²) in [5.41, 5.74) is 0. The molecule has 0 atom stereocenters. The third-order valence-electron chi connectivity index (χ3n) is 1.63. The van der Waals surface area contributed by atoms with Gasteiger partial charge >= 0.3 is 18.5 Å². The van der Waals surface area contributed by atoms with Gasteiger partial charge in [0.25, 0.3) is 0 Å². The van der Waals surface area contributed by atoms with Crippen molar-refractivity contribution in [3.8, 4) is 0 Å². The number of halogens is 9. The summed E-state index contributed by atoms with van der Waals surface area (Å²) in [7, 11) is 0. The molecule has 0 fully saturated rings. The summed E-state index contributed by atoms with van der Waals surface area (Å²) in [6.07, 6.45) is -20.7. The number of ketones is 1. The van der Waals surface area contributed by atoms with Crippen molar-refractivity contribution in [2.45, 2.75) is 31.4 Å². The van der Waals surface area contributed by atoms with Gasteiger partial charge in [0.2, 0.25) is 5.92 Å². The van der Waals surface area contributed by atoms with Crippen LogP contribution in [0.3, 0.4) is 0 Å². The van der Waals surface area contributed by atoms with E-state index in [4.69, 9.17) is 0 Å². The van der Waals surface area contributed by atoms with Crippen molar-refractivity contribution in [2.24, 2.45) is 5.92 Å². The van der Waals surface area contributed by atoms with Crippen LogP contribution in [0.1, 0.15) is 12.8 Å². The molecule has 0 aromatic rings. The first-order valence-electron chi connectivity index (χ1n) is 3.98. The van der Waals surface area contributed by atoms with E-state index in [0.29, 0.717) is 0 Å². The van der Waals surface area contributed by atoms with Gasteiger partial charge in [-0.25, -0.2) is 0 Å². The smallest absolute Gasteiger partial charge is 0.299 e. The molecule has 0 saturated heterocycles. The van der Waals surface area contributed by atoms with Gasteiger partial charge in [0.05, 0.1) is 6.42 Å². The van der Waals surface area contributed by atoms with Crippen molar-refractivity contribution in [3.63, 3.8) is 0 Å². The maximum atomic E-state index is 11.9. The lowest BCUT2D eigenvalue weighted by atomic mass is 9.99. The number of alkyl halides is 9. The second kappa shape index (κ2) is 4.73. The molecule has 10 heteroatoms. The normalized spacial score (nSPS) is 14.2. The van der Waals surface area contributed by atoms with E-state index in [9.17, 15) is 44.3 Å². The molecule has 0 bridgehead atoms. The number of hydrogen-bond donors (Lipinski definition) is 0. The van der Waals surface area contributed by atoms with Gasteiger partial charge in [0.15, 0.2) is 5.78 Å². The van der Waals surface area contributed by atoms with Crippen molar-refractivity contribution < 1.29 is 44.3 Å². The molecule has 0 spiro atoms. The molecular formula is C7H5F9O. The molecule has 0 N–H and O–H groups in total. The Morgan fingerprint density at radius 1 is 0.824 bits per heavy atom. The van der Waals surface area contributed by atoms with Gasteiger partial charge in [0, 0.05) is 6.42 Å². The zero-order chi connectivity index (χ0) is 14.1. The average Bonchev–Trinajstić information content (AvgIpc) is 1.93. The highest BCUT2D eigenvalue weighted by molar-refractivity contribution is 5.82. The Balaban J connectivity index is 4.81. The van der Waals surface area contributed by atoms with E-state index in [1.54, 1.807) is 0 Å². The number of carbonyl (C=O) groups is 1. The highest BCUT2D eigenvalue weighted by Crippen LogP contribution is 2.41. The van der Waals surface area contributed by atoms with Crippen LogP contribution in [0.25, 0.3) is 0 Å². The van der Waals surface area contributed by atoms with Crippen LogP contribution in [-0.4, -0.2) is 24.3 Å². The SMILES string of the molecule is O=C(CCC(F)(F)F)C(C(F)(F)F)C(F)(F)F. The summed E-state index contributed by atoms with van der Waals surface area (Å²) >= 11 is 0. The predicted molar refractivity (Wildman–Crippen MR) is 35.9 cm³/mol. The lowest BCUT2D eigenvalue weighted by molar-refractivity contribution is -0.274. The van der Waals surface area contributed by atoms with Crippen LogP contribution in [-0.2, 0) is 4.79 Å². The monoisotopic (exact) mass is 276 g/mol. The summed E-state index contributed by atoms with van der Waals surface area (Å²) in [6, 6.07) is 0. The Hall–Kier alpha value is -0.960. The Bertz CT molecular complexity index is 257. The maximum absolute atomic E-state index is 11.9. The van der Waals surface area contributed by atoms with Crippen LogP contribution in [0.2, 0.25) is 0 Å². The largest absolute Gasteiger partial charge is 0.407 e. The first-order chi connectivity index (χ1) is 7.25. The van der Waals surface area contributed by atoms with Crippen molar-refractivity contribution in [1.29, 1.82) is 0 Å². The minimum Gasteiger partial charge on any atom is -0.299 e. The first-order valence-corrected chi connectivity index (χ1v) is 3.98. The maximum Gasteiger partial charge on any atom is 0.407 e. The summed E-state index contributed by atoms with van der Waals surface area (Å²) in [5.74, 6) is -6.90. The van der Waals surface area contributed by atoms with Gasteiger partial charge in [-0.05, 0) is 0 Å². The number of Topliss-reactive ketones (excluding diaryl/α,β-unsaturated/α-hetero) is 1. The summed E-state index contributed by atoms with van der Waals surface area (Å²) < 4.78 is 106. The molecule has 0 unspecified atom stereocenters. The average molecular weight is 276 g/mol. The van der Waals surface area contributed by atoms with Crippen LogP contribution in [0, 0.1) is 5.92 Å². The lowest BCUT2D eigenvalue weighted by Gasteiger charge is -2.21. The van der Waals surface area contributed by atoms with Gasteiger partial charge in [0.1, 0.15) is 0 Å². The molecule has 17 heavy (non-hydrogen) atoms. The van der Waals surface area contributed by atoms with E-state index >= 15 is 0 Å². The van der Waals surface area contributed by atoms with Crippen LogP contribution in [0.4, 0.5) is 39.5 Å². The van der Waals surface area contributed by atoms with Crippen LogP contribution < -0.4 is 0 Å². The zero-order valence-corrected chi connectivity index (χ0v) is 7.80. The zero-order valence-electron chi connectivity index (χ0n) is 7.80. The molecule has 0 aliphatic heterocycles. The molecular weight excluding hydrogens is 271 g/mol. The van der Waals surface area contributed by atoms with E-state index in [1.165, 1.54) is 0 Å². The van der Waals surface area contributed by atoms with Gasteiger partial charge in [-0.3, -0.25) is 4.79 Å². The number of carbonyl (C=O) groups excluding carboxylic acids is 1. The number of rotatable bonds is 3. The third kappa shape index (κ3) is 5.78. The Kier molecular flexibility index (Phi) is 4.46. The van der Waals surface area contributed by atoms with E-state index in [2.05, 4.69) is 0 Å². The molecule has 0 rings (SSSR count). The van der Waals surface area contributed by atoms with Crippen LogP contribution in [0.5, 0.6) is 0 Å². The third-order valence-corrected chi connectivity index (χ3v) is 1.63. The highest BCUT2D eigenvalue weighted by atomic mass is 19.4. The Labute approximate surface area is 88.6 Å². The van der Waals surface area contributed by atoms with Crippen molar-refractivity contribution in [3.05, 3.63) is 0 Å². The molecule has 0 aliphatic rings. The van der Waals surface area contributed by atoms with Crippen molar-refractivity contribution in [1.82, 2.24) is 0 Å². The van der Waals surface area contributed by atoms with E-state index < -0.39 is 43.1 Å². The molecule has 0 aromatic heterocycles. The lowest BCUT2D eigenvalue weighted by Crippen LogP contribution is -2.42. The van der Waals surface area contributed by atoms with Gasteiger partial charge in [-0.1, -0.05) is 0 Å². The molecule has 0 radical (unpaired) electrons. The standard InChI is InChI=1S/C7H5F9O/c8-5(9,10)2-1-3(17)4(6(11,12)13)7(14,15)16/h4H,1-2H2. The molecule has 0 amide bonds. The quantitative estimate of drug-likeness (QED) is 0.719. The van der Waals surface area contributed by atoms with Gasteiger partial charge < -0.3 is 0 Å². The molecule has 0 aliphatic carbocycles. The summed E-state index contributed by atoms with van der Waals surface area (Å²) in [5, 5.41) is 0. The van der Waals surface area contributed by atoms with Crippen molar-refractivity contribution >= 4 is 5.78 Å². The second-order valence-corrected chi connectivity index (χ2v) is 3.10. The fourth-order valence-electron chi connectivity index (χ4n) is 0.960. The first kappa shape index (κ1) is 16.0. The predicted octanol–water partition coefficient (Wildman–Crippen LogP) is 3.64. The van der Waals surface area contributed by atoms with Gasteiger partial charge in [-0.15, -0.1) is 0 Å². The van der Waals surface area contributed by atoms with Gasteiger partial charge in [-0.2, -0.15) is 39.5 Å². The molecule has 102 valence electrons. The highest BCUT2D eigenvalue weighted by Gasteiger charge is 2.60. The van der Waals surface area contributed by atoms with E-state index in [1.807, 2.05) is 0 Å². The molecule has 0 aromatic carbocycles. The Morgan fingerprint density at radius 2 is 1.18 bits per heavy atom. The fourth-order valence-corrected chi connectivity index (χ4v) is 0.960. The molecule has 1 nitrogen and oxygen atoms in total. The topological polar surface area (TPSA) is 17.1 Å².